The minimum atomic E-state index is -4.69. The third kappa shape index (κ3) is 4.61. The molecule has 0 saturated carbocycles. The molecule has 2 aliphatic rings. The first-order valence-corrected chi connectivity index (χ1v) is 11.2. The highest BCUT2D eigenvalue weighted by atomic mass is 35.5. The molecule has 0 saturated heterocycles. The Hall–Kier alpha value is -2.16. The van der Waals surface area contributed by atoms with Crippen molar-refractivity contribution in [2.75, 3.05) is 6.73 Å². The summed E-state index contributed by atoms with van der Waals surface area (Å²) in [5.74, 6) is -0.185. The van der Waals surface area contributed by atoms with Crippen LogP contribution in [0.2, 0.25) is 10.0 Å². The van der Waals surface area contributed by atoms with Crippen molar-refractivity contribution in [3.8, 4) is 0 Å². The highest BCUT2D eigenvalue weighted by Gasteiger charge is 2.60. The van der Waals surface area contributed by atoms with Crippen molar-refractivity contribution >= 4 is 29.1 Å². The molecule has 176 valence electrons. The first-order chi connectivity index (χ1) is 15.5. The lowest BCUT2D eigenvalue weighted by atomic mass is 9.83. The lowest BCUT2D eigenvalue weighted by Gasteiger charge is -2.29. The number of hydrogen-bond donors (Lipinski definition) is 0. The Balaban J connectivity index is 1.63. The van der Waals surface area contributed by atoms with Crippen LogP contribution in [-0.2, 0) is 28.2 Å². The molecule has 2 aromatic rings. The van der Waals surface area contributed by atoms with Crippen molar-refractivity contribution in [1.82, 2.24) is 4.90 Å². The summed E-state index contributed by atoms with van der Waals surface area (Å²) in [6.07, 6.45) is -5.09. The molecule has 0 radical (unpaired) electrons. The summed E-state index contributed by atoms with van der Waals surface area (Å²) in [5, 5.41) is 7.95. The summed E-state index contributed by atoms with van der Waals surface area (Å²) in [7, 11) is 0. The maximum Gasteiger partial charge on any atom is 0.419 e. The number of hydrogen-bond acceptors (Lipinski definition) is 4. The fourth-order valence-electron chi connectivity index (χ4n) is 4.18. The average molecular weight is 500 g/mol. The number of benzene rings is 2. The molecule has 0 N–H and O–H groups in total. The molecule has 4 rings (SSSR count). The van der Waals surface area contributed by atoms with E-state index in [0.29, 0.717) is 12.1 Å². The van der Waals surface area contributed by atoms with Crippen LogP contribution in [0.3, 0.4) is 0 Å². The second-order valence-electron chi connectivity index (χ2n) is 8.65. The molecular formula is C23H22Cl2F3N3O2. The van der Waals surface area contributed by atoms with E-state index in [1.165, 1.54) is 18.2 Å². The zero-order valence-electron chi connectivity index (χ0n) is 18.0. The van der Waals surface area contributed by atoms with Gasteiger partial charge in [0, 0.05) is 28.9 Å². The van der Waals surface area contributed by atoms with Crippen LogP contribution in [0.4, 0.5) is 13.2 Å². The maximum absolute atomic E-state index is 14.3. The van der Waals surface area contributed by atoms with Crippen molar-refractivity contribution in [3.05, 3.63) is 68.7 Å². The Morgan fingerprint density at radius 2 is 1.85 bits per heavy atom. The van der Waals surface area contributed by atoms with Crippen LogP contribution in [0.25, 0.3) is 0 Å². The van der Waals surface area contributed by atoms with Crippen molar-refractivity contribution in [2.45, 2.75) is 51.2 Å². The summed E-state index contributed by atoms with van der Waals surface area (Å²) in [6, 6.07) is 8.38. The summed E-state index contributed by atoms with van der Waals surface area (Å²) >= 11 is 12.0. The molecule has 1 amide bonds. The molecule has 0 fully saturated rings. The van der Waals surface area contributed by atoms with E-state index in [4.69, 9.17) is 27.9 Å². The van der Waals surface area contributed by atoms with Gasteiger partial charge in [-0.2, -0.15) is 23.4 Å². The van der Waals surface area contributed by atoms with Crippen LogP contribution < -0.4 is 0 Å². The summed E-state index contributed by atoms with van der Waals surface area (Å²) in [5.41, 5.74) is -0.361. The second kappa shape index (κ2) is 8.89. The molecule has 0 spiro atoms. The smallest absolute Gasteiger partial charge is 0.356 e. The maximum atomic E-state index is 14.3. The number of carbonyl (C=O) groups excluding carboxylic acids is 1. The largest absolute Gasteiger partial charge is 0.419 e. The number of amides is 1. The monoisotopic (exact) mass is 499 g/mol. The molecule has 2 unspecified atom stereocenters. The highest BCUT2D eigenvalue weighted by Crippen LogP contribution is 2.53. The zero-order chi connectivity index (χ0) is 24.0. The van der Waals surface area contributed by atoms with Gasteiger partial charge >= 0.3 is 6.18 Å². The Labute approximate surface area is 199 Å². The average Bonchev–Trinajstić information content (AvgIpc) is 3.09. The van der Waals surface area contributed by atoms with Gasteiger partial charge in [-0.1, -0.05) is 55.2 Å². The molecule has 2 aliphatic heterocycles. The summed E-state index contributed by atoms with van der Waals surface area (Å²) in [4.78, 5) is 14.0. The quantitative estimate of drug-likeness (QED) is 0.465. The summed E-state index contributed by atoms with van der Waals surface area (Å²) < 4.78 is 48.5. The van der Waals surface area contributed by atoms with Crippen LogP contribution in [0.5, 0.6) is 0 Å². The first kappa shape index (κ1) is 24.0. The van der Waals surface area contributed by atoms with Gasteiger partial charge in [0.05, 0.1) is 12.6 Å². The number of azo groups is 1. The Morgan fingerprint density at radius 1 is 1.15 bits per heavy atom. The normalized spacial score (nSPS) is 23.0. The number of fused-ring (bicyclic) bond motifs is 1. The van der Waals surface area contributed by atoms with Crippen LogP contribution in [0, 0.1) is 5.92 Å². The zero-order valence-corrected chi connectivity index (χ0v) is 19.5. The number of ether oxygens (including phenoxy) is 1. The third-order valence-corrected chi connectivity index (χ3v) is 6.39. The topological polar surface area (TPSA) is 54.3 Å². The first-order valence-electron chi connectivity index (χ1n) is 10.4. The number of halogens is 5. The van der Waals surface area contributed by atoms with Crippen LogP contribution in [0.1, 0.15) is 48.6 Å². The van der Waals surface area contributed by atoms with Gasteiger partial charge in [-0.25, -0.2) is 0 Å². The molecule has 2 atom stereocenters. The van der Waals surface area contributed by atoms with E-state index in [1.807, 2.05) is 19.9 Å². The fourth-order valence-corrected chi connectivity index (χ4v) is 4.71. The van der Waals surface area contributed by atoms with E-state index in [9.17, 15) is 18.0 Å². The van der Waals surface area contributed by atoms with Crippen LogP contribution >= 0.6 is 23.2 Å². The summed E-state index contributed by atoms with van der Waals surface area (Å²) in [6.45, 7) is 4.44. The fraction of sp³-hybridized carbons (Fsp3) is 0.435. The lowest BCUT2D eigenvalue weighted by molar-refractivity contribution is -0.188. The van der Waals surface area contributed by atoms with Crippen LogP contribution in [0.15, 0.2) is 46.6 Å². The predicted molar refractivity (Wildman–Crippen MR) is 118 cm³/mol. The molecule has 0 aliphatic carbocycles. The van der Waals surface area contributed by atoms with Crippen molar-refractivity contribution in [1.29, 1.82) is 0 Å². The van der Waals surface area contributed by atoms with Crippen LogP contribution in [-0.4, -0.2) is 23.7 Å². The minimum Gasteiger partial charge on any atom is -0.356 e. The Kier molecular flexibility index (Phi) is 6.46. The van der Waals surface area contributed by atoms with Gasteiger partial charge in [0.2, 0.25) is 11.4 Å². The molecule has 2 aromatic carbocycles. The number of nitrogens with zero attached hydrogens (tertiary/aromatic N) is 3. The number of carbonyl (C=O) groups is 1. The van der Waals surface area contributed by atoms with Gasteiger partial charge in [0.15, 0.2) is 0 Å². The Bertz CT molecular complexity index is 1090. The van der Waals surface area contributed by atoms with E-state index in [0.717, 1.165) is 11.1 Å². The third-order valence-electron chi connectivity index (χ3n) is 5.95. The Morgan fingerprint density at radius 3 is 2.48 bits per heavy atom. The number of rotatable bonds is 3. The number of alkyl halides is 3. The van der Waals surface area contributed by atoms with E-state index in [2.05, 4.69) is 10.2 Å². The molecule has 5 nitrogen and oxygen atoms in total. The van der Waals surface area contributed by atoms with Crippen molar-refractivity contribution < 1.29 is 22.7 Å². The lowest BCUT2D eigenvalue weighted by Crippen LogP contribution is -2.39. The van der Waals surface area contributed by atoms with Crippen molar-refractivity contribution in [2.24, 2.45) is 16.1 Å². The van der Waals surface area contributed by atoms with Gasteiger partial charge in [0.25, 0.3) is 0 Å². The highest BCUT2D eigenvalue weighted by molar-refractivity contribution is 6.34. The van der Waals surface area contributed by atoms with Gasteiger partial charge in [-0.3, -0.25) is 4.79 Å². The molecule has 2 heterocycles. The van der Waals surface area contributed by atoms with E-state index >= 15 is 0 Å². The van der Waals surface area contributed by atoms with E-state index in [1.54, 1.807) is 17.0 Å². The van der Waals surface area contributed by atoms with Gasteiger partial charge in [0.1, 0.15) is 6.73 Å². The van der Waals surface area contributed by atoms with Gasteiger partial charge < -0.3 is 9.64 Å². The molecule has 0 bridgehead atoms. The standard InChI is InChI=1S/C23H22Cl2F3N3O2/c1-13(2)21(32)31-10-15-4-3-14(5-16(15)11-33-12-31)20-9-22(30-29-20,23(26,27)28)17-6-18(24)8-19(25)7-17/h3-8,13,20H,9-12H2,1-2H3. The minimum absolute atomic E-state index is 0.0216. The SMILES string of the molecule is CC(C)C(=O)N1COCc2cc(C3CC(c4cc(Cl)cc(Cl)c4)(C(F)(F)F)N=N3)ccc2C1. The van der Waals surface area contributed by atoms with Crippen molar-refractivity contribution in [3.63, 3.8) is 0 Å². The molecule has 10 heteroatoms. The predicted octanol–water partition coefficient (Wildman–Crippen LogP) is 6.82. The van der Waals surface area contributed by atoms with E-state index < -0.39 is 24.2 Å². The van der Waals surface area contributed by atoms with Gasteiger partial charge in [-0.15, -0.1) is 0 Å². The second-order valence-corrected chi connectivity index (χ2v) is 9.52. The molecule has 33 heavy (non-hydrogen) atoms. The molecule has 0 aromatic heterocycles. The molecular weight excluding hydrogens is 478 g/mol. The van der Waals surface area contributed by atoms with E-state index in [-0.39, 0.29) is 40.8 Å². The van der Waals surface area contributed by atoms with Gasteiger partial charge in [-0.05, 0) is 40.5 Å².